The van der Waals surface area contributed by atoms with E-state index in [1.807, 2.05) is 26.0 Å². The molecular weight excluding hydrogens is 580 g/mol. The number of nitrogens with one attached hydrogen (secondary N) is 1. The van der Waals surface area contributed by atoms with Crippen LogP contribution in [0.1, 0.15) is 26.8 Å². The molecule has 1 saturated heterocycles. The van der Waals surface area contributed by atoms with Crippen molar-refractivity contribution < 1.29 is 14.0 Å². The Labute approximate surface area is 240 Å². The van der Waals surface area contributed by atoms with Crippen LogP contribution in [0, 0.1) is 13.8 Å². The Morgan fingerprint density at radius 1 is 1.07 bits per heavy atom. The van der Waals surface area contributed by atoms with Crippen molar-refractivity contribution in [2.75, 3.05) is 18.4 Å². The van der Waals surface area contributed by atoms with Gasteiger partial charge in [-0.15, -0.1) is 21.5 Å². The molecule has 0 radical (unpaired) electrons. The molecule has 1 fully saturated rings. The number of likely N-dealkylation sites (tertiary alicyclic amines) is 1. The Morgan fingerprint density at radius 2 is 1.82 bits per heavy atom. The molecule has 0 atom stereocenters. The van der Waals surface area contributed by atoms with E-state index >= 15 is 4.39 Å². The number of carbonyl (C=O) groups is 2. The average molecular weight is 600 g/mol. The lowest BCUT2D eigenvalue weighted by atomic mass is 9.93. The average Bonchev–Trinajstić information content (AvgIpc) is 3.59. The van der Waals surface area contributed by atoms with Gasteiger partial charge in [0.05, 0.1) is 35.6 Å². The van der Waals surface area contributed by atoms with Crippen LogP contribution in [0.2, 0.25) is 10.0 Å². The molecule has 1 N–H and O–H groups in total. The first-order valence-electron chi connectivity index (χ1n) is 12.0. The first-order valence-corrected chi connectivity index (χ1v) is 13.6. The molecule has 5 heterocycles. The van der Waals surface area contributed by atoms with E-state index in [1.165, 1.54) is 27.1 Å². The van der Waals surface area contributed by atoms with Gasteiger partial charge in [0.2, 0.25) is 5.91 Å². The van der Waals surface area contributed by atoms with Crippen LogP contribution >= 0.6 is 34.5 Å². The van der Waals surface area contributed by atoms with Crippen LogP contribution in [-0.2, 0) is 17.0 Å². The number of aryl methyl sites for hydroxylation is 2. The molecule has 204 valence electrons. The van der Waals surface area contributed by atoms with E-state index in [0.29, 0.717) is 26.4 Å². The van der Waals surface area contributed by atoms with Gasteiger partial charge >= 0.3 is 0 Å². The predicted molar refractivity (Wildman–Crippen MR) is 148 cm³/mol. The Kier molecular flexibility index (Phi) is 6.51. The van der Waals surface area contributed by atoms with Gasteiger partial charge in [-0.2, -0.15) is 10.2 Å². The van der Waals surface area contributed by atoms with Crippen LogP contribution < -0.4 is 5.32 Å². The highest BCUT2D eigenvalue weighted by Gasteiger charge is 2.49. The van der Waals surface area contributed by atoms with E-state index in [9.17, 15) is 9.59 Å². The summed E-state index contributed by atoms with van der Waals surface area (Å²) in [7, 11) is 0. The molecule has 4 aromatic heterocycles. The summed E-state index contributed by atoms with van der Waals surface area (Å²) in [5.74, 6) is -0.157. The third kappa shape index (κ3) is 4.91. The Hall–Kier alpha value is -3.94. The minimum absolute atomic E-state index is 0.0518. The van der Waals surface area contributed by atoms with Crippen molar-refractivity contribution >= 4 is 62.3 Å². The number of benzene rings is 1. The largest absolute Gasteiger partial charge is 0.331 e. The zero-order valence-corrected chi connectivity index (χ0v) is 23.4. The maximum atomic E-state index is 15.6. The number of amides is 2. The fourth-order valence-corrected chi connectivity index (χ4v) is 6.05. The number of nitrogens with zero attached hydrogens (tertiary/aromatic N) is 8. The van der Waals surface area contributed by atoms with Crippen LogP contribution in [0.5, 0.6) is 0 Å². The summed E-state index contributed by atoms with van der Waals surface area (Å²) in [6, 6.07) is 10.1. The number of thiophene rings is 1. The number of rotatable bonds is 6. The molecular formula is C25H20Cl2FN9O2S. The van der Waals surface area contributed by atoms with E-state index in [2.05, 4.69) is 30.9 Å². The topological polar surface area (TPSA) is 124 Å². The van der Waals surface area contributed by atoms with E-state index in [0.717, 1.165) is 21.6 Å². The molecule has 1 aliphatic rings. The lowest BCUT2D eigenvalue weighted by Crippen LogP contribution is -2.58. The summed E-state index contributed by atoms with van der Waals surface area (Å²) in [6.07, 6.45) is 1.37. The Balaban J connectivity index is 1.12. The van der Waals surface area contributed by atoms with Crippen LogP contribution in [0.3, 0.4) is 0 Å². The SMILES string of the molecule is Cc1ccc(-n2nc(C)c3cc(C(=O)N4CC(F)(c5cn(CC(=O)Nc6cc(Cl)cc(Cl)c6)nn5)C4)sc32)nn1. The van der Waals surface area contributed by atoms with E-state index in [1.54, 1.807) is 28.9 Å². The van der Waals surface area contributed by atoms with Crippen molar-refractivity contribution in [2.45, 2.75) is 26.1 Å². The van der Waals surface area contributed by atoms with Crippen molar-refractivity contribution in [1.29, 1.82) is 0 Å². The smallest absolute Gasteiger partial charge is 0.264 e. The van der Waals surface area contributed by atoms with Crippen LogP contribution in [0.25, 0.3) is 16.0 Å². The maximum Gasteiger partial charge on any atom is 0.264 e. The highest BCUT2D eigenvalue weighted by atomic mass is 35.5. The summed E-state index contributed by atoms with van der Waals surface area (Å²) in [5, 5.41) is 24.8. The number of hydrogen-bond acceptors (Lipinski definition) is 8. The number of halogens is 3. The molecule has 6 rings (SSSR count). The highest BCUT2D eigenvalue weighted by molar-refractivity contribution is 7.20. The fraction of sp³-hybridized carbons (Fsp3) is 0.240. The summed E-state index contributed by atoms with van der Waals surface area (Å²) in [6.45, 7) is 3.14. The number of fused-ring (bicyclic) bond motifs is 1. The quantitative estimate of drug-likeness (QED) is 0.307. The van der Waals surface area contributed by atoms with Gasteiger partial charge in [0.15, 0.2) is 11.5 Å². The van der Waals surface area contributed by atoms with Gasteiger partial charge in [0.1, 0.15) is 17.1 Å². The maximum absolute atomic E-state index is 15.6. The van der Waals surface area contributed by atoms with Gasteiger partial charge in [-0.1, -0.05) is 28.4 Å². The number of alkyl halides is 1. The lowest BCUT2D eigenvalue weighted by Gasteiger charge is -2.42. The van der Waals surface area contributed by atoms with Gasteiger partial charge in [-0.05, 0) is 50.2 Å². The molecule has 2 amide bonds. The van der Waals surface area contributed by atoms with Gasteiger partial charge in [0.25, 0.3) is 5.91 Å². The molecule has 11 nitrogen and oxygen atoms in total. The number of anilines is 1. The molecule has 0 unspecified atom stereocenters. The molecule has 1 aromatic carbocycles. The highest BCUT2D eigenvalue weighted by Crippen LogP contribution is 2.38. The monoisotopic (exact) mass is 599 g/mol. The van der Waals surface area contributed by atoms with Gasteiger partial charge in [-0.25, -0.2) is 13.8 Å². The normalized spacial score (nSPS) is 14.4. The summed E-state index contributed by atoms with van der Waals surface area (Å²) < 4.78 is 18.5. The van der Waals surface area contributed by atoms with Gasteiger partial charge in [-0.3, -0.25) is 9.59 Å². The van der Waals surface area contributed by atoms with E-state index < -0.39 is 11.6 Å². The van der Waals surface area contributed by atoms with Crippen molar-refractivity contribution in [3.63, 3.8) is 0 Å². The van der Waals surface area contributed by atoms with Crippen LogP contribution in [0.4, 0.5) is 10.1 Å². The molecule has 0 spiro atoms. The minimum Gasteiger partial charge on any atom is -0.331 e. The first kappa shape index (κ1) is 26.3. The van der Waals surface area contributed by atoms with E-state index in [-0.39, 0.29) is 31.2 Å². The summed E-state index contributed by atoms with van der Waals surface area (Å²) in [5.41, 5.74) is 0.135. The fourth-order valence-electron chi connectivity index (χ4n) is 4.39. The Bertz CT molecular complexity index is 1760. The van der Waals surface area contributed by atoms with Crippen molar-refractivity contribution in [2.24, 2.45) is 0 Å². The molecule has 40 heavy (non-hydrogen) atoms. The van der Waals surface area contributed by atoms with Gasteiger partial charge < -0.3 is 10.2 Å². The lowest BCUT2D eigenvalue weighted by molar-refractivity contribution is -0.116. The third-order valence-electron chi connectivity index (χ3n) is 6.38. The number of carbonyl (C=O) groups excluding carboxylic acids is 2. The second-order valence-corrected chi connectivity index (χ2v) is 11.4. The first-order chi connectivity index (χ1) is 19.1. The van der Waals surface area contributed by atoms with E-state index in [4.69, 9.17) is 23.2 Å². The second kappa shape index (κ2) is 9.91. The molecule has 0 bridgehead atoms. The molecule has 15 heteroatoms. The minimum atomic E-state index is -1.87. The zero-order valence-electron chi connectivity index (χ0n) is 21.1. The molecule has 0 aliphatic carbocycles. The standard InChI is InChI=1S/C25H20Cl2FN9O2S/c1-13-3-4-21(32-30-13)37-24-18(14(2)33-37)8-19(40-24)23(39)35-11-25(28,12-35)20-9-36(34-31-20)10-22(38)29-17-6-15(26)5-16(27)7-17/h3-9H,10-12H2,1-2H3,(H,29,38). The zero-order chi connectivity index (χ0) is 28.2. The molecule has 0 saturated carbocycles. The Morgan fingerprint density at radius 3 is 2.52 bits per heavy atom. The molecule has 1 aliphatic heterocycles. The van der Waals surface area contributed by atoms with Crippen molar-refractivity contribution in [1.82, 2.24) is 39.9 Å². The second-order valence-electron chi connectivity index (χ2n) is 9.49. The third-order valence-corrected chi connectivity index (χ3v) is 7.91. The van der Waals surface area contributed by atoms with Crippen LogP contribution in [-0.4, -0.2) is 64.8 Å². The van der Waals surface area contributed by atoms with Crippen molar-refractivity contribution in [3.8, 4) is 5.82 Å². The van der Waals surface area contributed by atoms with Crippen LogP contribution in [0.15, 0.2) is 42.6 Å². The van der Waals surface area contributed by atoms with Gasteiger partial charge in [0, 0.05) is 21.1 Å². The predicted octanol–water partition coefficient (Wildman–Crippen LogP) is 4.35. The number of aromatic nitrogens is 7. The summed E-state index contributed by atoms with van der Waals surface area (Å²) in [4.78, 5) is 28.2. The van der Waals surface area contributed by atoms with Crippen molar-refractivity contribution in [3.05, 3.63) is 74.6 Å². The number of hydrogen-bond donors (Lipinski definition) is 1. The summed E-state index contributed by atoms with van der Waals surface area (Å²) >= 11 is 13.2. The molecule has 5 aromatic rings.